The second-order valence-electron chi connectivity index (χ2n) is 6.02. The lowest BCUT2D eigenvalue weighted by Gasteiger charge is -2.02. The van der Waals surface area contributed by atoms with Gasteiger partial charge < -0.3 is 10.6 Å². The van der Waals surface area contributed by atoms with E-state index in [1.807, 2.05) is 0 Å². The normalized spacial score (nSPS) is 12.4. The smallest absolute Gasteiger partial charge is 0.235 e. The highest BCUT2D eigenvalue weighted by molar-refractivity contribution is 8.01. The van der Waals surface area contributed by atoms with Crippen LogP contribution in [0.4, 0.5) is 20.2 Å². The first kappa shape index (κ1) is 18.9. The molecule has 2 aromatic heterocycles. The van der Waals surface area contributed by atoms with Gasteiger partial charge in [-0.05, 0) is 49.1 Å². The average Bonchev–Trinajstić information content (AvgIpc) is 3.38. The van der Waals surface area contributed by atoms with Gasteiger partial charge in [0.25, 0.3) is 0 Å². The molecule has 0 radical (unpaired) electrons. The predicted molar refractivity (Wildman–Crippen MR) is 110 cm³/mol. The fraction of sp³-hybridized carbons (Fsp3) is 0.222. The number of nitriles is 1. The number of thiophene rings is 1. The maximum Gasteiger partial charge on any atom is 0.235 e. The number of amides is 1. The van der Waals surface area contributed by atoms with Crippen molar-refractivity contribution in [2.45, 2.75) is 23.6 Å². The number of rotatable bonds is 6. The quantitative estimate of drug-likeness (QED) is 0.556. The standard InChI is InChI=1S/C18H14FN5OS3/c19-10-4-6-11(7-5-10)21-17-23-24-18(28-17)26-9-15(25)22-16-13(8-20)12-2-1-3-14(12)27-16/h4-7H,1-3,9H2,(H,21,23)(H,22,25). The first-order chi connectivity index (χ1) is 13.6. The Hall–Kier alpha value is -2.48. The molecule has 1 amide bonds. The van der Waals surface area contributed by atoms with Crippen molar-refractivity contribution in [1.82, 2.24) is 10.2 Å². The summed E-state index contributed by atoms with van der Waals surface area (Å²) in [7, 11) is 0. The summed E-state index contributed by atoms with van der Waals surface area (Å²) in [5.74, 6) is -0.302. The van der Waals surface area contributed by atoms with Crippen LogP contribution in [0.3, 0.4) is 0 Å². The lowest BCUT2D eigenvalue weighted by atomic mass is 10.1. The number of carbonyl (C=O) groups excluding carboxylic acids is 1. The Morgan fingerprint density at radius 1 is 1.25 bits per heavy atom. The SMILES string of the molecule is N#Cc1c(NC(=O)CSc2nnc(Nc3ccc(F)cc3)s2)sc2c1CCC2. The molecule has 6 nitrogen and oxygen atoms in total. The third-order valence-corrected chi connectivity index (χ3v) is 7.29. The van der Waals surface area contributed by atoms with E-state index in [9.17, 15) is 14.4 Å². The van der Waals surface area contributed by atoms with Gasteiger partial charge >= 0.3 is 0 Å². The number of hydrogen-bond acceptors (Lipinski definition) is 8. The number of anilines is 3. The number of aromatic nitrogens is 2. The van der Waals surface area contributed by atoms with Crippen LogP contribution >= 0.6 is 34.4 Å². The topological polar surface area (TPSA) is 90.7 Å². The van der Waals surface area contributed by atoms with Gasteiger partial charge in [0.2, 0.25) is 11.0 Å². The van der Waals surface area contributed by atoms with E-state index >= 15 is 0 Å². The molecule has 1 aromatic carbocycles. The van der Waals surface area contributed by atoms with Crippen molar-refractivity contribution in [3.8, 4) is 6.07 Å². The number of hydrogen-bond donors (Lipinski definition) is 2. The van der Waals surface area contributed by atoms with E-state index in [2.05, 4.69) is 26.9 Å². The Kier molecular flexibility index (Phi) is 5.57. The largest absolute Gasteiger partial charge is 0.330 e. The minimum Gasteiger partial charge on any atom is -0.330 e. The van der Waals surface area contributed by atoms with Gasteiger partial charge in [-0.1, -0.05) is 23.1 Å². The highest BCUT2D eigenvalue weighted by atomic mass is 32.2. The molecule has 10 heteroatoms. The molecule has 0 bridgehead atoms. The molecule has 28 heavy (non-hydrogen) atoms. The van der Waals surface area contributed by atoms with Crippen molar-refractivity contribution in [2.75, 3.05) is 16.4 Å². The third-order valence-electron chi connectivity index (χ3n) is 4.11. The summed E-state index contributed by atoms with van der Waals surface area (Å²) in [6, 6.07) is 8.17. The first-order valence-corrected chi connectivity index (χ1v) is 11.1. The summed E-state index contributed by atoms with van der Waals surface area (Å²) in [4.78, 5) is 13.5. The van der Waals surface area contributed by atoms with Crippen LogP contribution in [0.2, 0.25) is 0 Å². The number of benzene rings is 1. The zero-order valence-electron chi connectivity index (χ0n) is 14.5. The molecule has 1 aliphatic rings. The molecular weight excluding hydrogens is 417 g/mol. The van der Waals surface area contributed by atoms with Crippen molar-refractivity contribution in [2.24, 2.45) is 0 Å². The monoisotopic (exact) mass is 431 g/mol. The molecule has 0 fully saturated rings. The van der Waals surface area contributed by atoms with Gasteiger partial charge in [-0.25, -0.2) is 4.39 Å². The molecule has 0 spiro atoms. The minimum atomic E-state index is -0.305. The molecule has 1 aliphatic carbocycles. The second kappa shape index (κ2) is 8.26. The molecule has 0 aliphatic heterocycles. The van der Waals surface area contributed by atoms with Gasteiger partial charge in [0, 0.05) is 10.6 Å². The molecule has 2 heterocycles. The number of thioether (sulfide) groups is 1. The van der Waals surface area contributed by atoms with Crippen molar-refractivity contribution < 1.29 is 9.18 Å². The predicted octanol–water partition coefficient (Wildman–Crippen LogP) is 4.57. The van der Waals surface area contributed by atoms with Crippen molar-refractivity contribution >= 4 is 56.2 Å². The van der Waals surface area contributed by atoms with Crippen molar-refractivity contribution in [3.63, 3.8) is 0 Å². The molecule has 0 unspecified atom stereocenters. The molecule has 0 atom stereocenters. The van der Waals surface area contributed by atoms with E-state index < -0.39 is 0 Å². The van der Waals surface area contributed by atoms with Crippen molar-refractivity contribution in [1.29, 1.82) is 5.26 Å². The Morgan fingerprint density at radius 3 is 2.86 bits per heavy atom. The van der Waals surface area contributed by atoms with Gasteiger partial charge in [-0.3, -0.25) is 4.79 Å². The minimum absolute atomic E-state index is 0.176. The lowest BCUT2D eigenvalue weighted by Crippen LogP contribution is -2.13. The highest BCUT2D eigenvalue weighted by Gasteiger charge is 2.23. The summed E-state index contributed by atoms with van der Waals surface area (Å²) in [6.45, 7) is 0. The number of nitrogens with zero attached hydrogens (tertiary/aromatic N) is 3. The molecule has 142 valence electrons. The second-order valence-corrected chi connectivity index (χ2v) is 9.32. The Morgan fingerprint density at radius 2 is 2.07 bits per heavy atom. The molecule has 3 aromatic rings. The summed E-state index contributed by atoms with van der Waals surface area (Å²) in [5, 5.41) is 24.6. The fourth-order valence-corrected chi connectivity index (χ4v) is 5.70. The highest BCUT2D eigenvalue weighted by Crippen LogP contribution is 2.38. The van der Waals surface area contributed by atoms with Gasteiger partial charge in [0.05, 0.1) is 11.3 Å². The van der Waals surface area contributed by atoms with Crippen LogP contribution in [-0.4, -0.2) is 21.9 Å². The molecular formula is C18H14FN5OS3. The summed E-state index contributed by atoms with van der Waals surface area (Å²) >= 11 is 4.10. The fourth-order valence-electron chi connectivity index (χ4n) is 2.88. The van der Waals surface area contributed by atoms with Crippen LogP contribution in [0.15, 0.2) is 28.6 Å². The Bertz CT molecular complexity index is 1050. The van der Waals surface area contributed by atoms with Crippen molar-refractivity contribution in [3.05, 3.63) is 46.1 Å². The maximum atomic E-state index is 12.9. The van der Waals surface area contributed by atoms with E-state index in [0.29, 0.717) is 25.7 Å². The first-order valence-electron chi connectivity index (χ1n) is 8.46. The average molecular weight is 432 g/mol. The zero-order valence-corrected chi connectivity index (χ0v) is 16.9. The van der Waals surface area contributed by atoms with Crippen LogP contribution in [0.1, 0.15) is 22.4 Å². The number of nitrogens with one attached hydrogen (secondary N) is 2. The van der Waals surface area contributed by atoms with Crippen LogP contribution in [0.5, 0.6) is 0 Å². The third kappa shape index (κ3) is 4.16. The maximum absolute atomic E-state index is 12.9. The summed E-state index contributed by atoms with van der Waals surface area (Å²) in [5.41, 5.74) is 2.41. The lowest BCUT2D eigenvalue weighted by molar-refractivity contribution is -0.113. The molecule has 0 saturated carbocycles. The number of carbonyl (C=O) groups is 1. The molecule has 2 N–H and O–H groups in total. The van der Waals surface area contributed by atoms with Gasteiger partial charge in [-0.15, -0.1) is 21.5 Å². The Balaban J connectivity index is 1.33. The van der Waals surface area contributed by atoms with Crippen LogP contribution in [0.25, 0.3) is 0 Å². The zero-order chi connectivity index (χ0) is 19.5. The summed E-state index contributed by atoms with van der Waals surface area (Å²) < 4.78 is 13.6. The van der Waals surface area contributed by atoms with E-state index in [-0.39, 0.29) is 17.5 Å². The van der Waals surface area contributed by atoms with Crippen LogP contribution in [0, 0.1) is 17.1 Å². The molecule has 0 saturated heterocycles. The number of aryl methyl sites for hydroxylation is 1. The summed E-state index contributed by atoms with van der Waals surface area (Å²) in [6.07, 6.45) is 2.97. The van der Waals surface area contributed by atoms with Crippen LogP contribution < -0.4 is 10.6 Å². The van der Waals surface area contributed by atoms with Gasteiger partial charge in [0.15, 0.2) is 4.34 Å². The van der Waals surface area contributed by atoms with Gasteiger partial charge in [-0.2, -0.15) is 5.26 Å². The number of fused-ring (bicyclic) bond motifs is 1. The van der Waals surface area contributed by atoms with Crippen LogP contribution in [-0.2, 0) is 17.6 Å². The number of halogens is 1. The van der Waals surface area contributed by atoms with E-state index in [0.717, 1.165) is 24.8 Å². The van der Waals surface area contributed by atoms with E-state index in [4.69, 9.17) is 0 Å². The van der Waals surface area contributed by atoms with E-state index in [1.54, 1.807) is 12.1 Å². The Labute approximate surface area is 172 Å². The molecule has 4 rings (SSSR count). The van der Waals surface area contributed by atoms with E-state index in [1.165, 1.54) is 51.4 Å². The van der Waals surface area contributed by atoms with Gasteiger partial charge in [0.1, 0.15) is 16.9 Å².